The summed E-state index contributed by atoms with van der Waals surface area (Å²) in [7, 11) is 0. The first-order chi connectivity index (χ1) is 15.0. The Morgan fingerprint density at radius 3 is 2.58 bits per heavy atom. The summed E-state index contributed by atoms with van der Waals surface area (Å²) >= 11 is 9.38. The van der Waals surface area contributed by atoms with Crippen LogP contribution in [0.25, 0.3) is 11.3 Å². The first-order valence-electron chi connectivity index (χ1n) is 10.3. The number of aromatic nitrogens is 2. The number of nitrogens with zero attached hydrogens (tertiary/aromatic N) is 3. The second kappa shape index (κ2) is 9.75. The number of carbonyl (C=O) groups excluding carboxylic acids is 1. The summed E-state index contributed by atoms with van der Waals surface area (Å²) in [6, 6.07) is 17.2. The molecule has 1 fully saturated rings. The van der Waals surface area contributed by atoms with Crippen LogP contribution in [0.2, 0.25) is 5.02 Å². The molecule has 8 heteroatoms. The number of H-pyrrole nitrogens is 1. The molecule has 162 valence electrons. The van der Waals surface area contributed by atoms with Crippen molar-refractivity contribution < 1.29 is 9.53 Å². The number of halogens is 2. The highest BCUT2D eigenvalue weighted by atomic mass is 79.9. The Kier molecular flexibility index (Phi) is 6.83. The fourth-order valence-corrected chi connectivity index (χ4v) is 4.03. The van der Waals surface area contributed by atoms with Gasteiger partial charge in [0, 0.05) is 41.7 Å². The first-order valence-corrected chi connectivity index (χ1v) is 11.4. The number of nitrogens with one attached hydrogen (secondary N) is 1. The van der Waals surface area contributed by atoms with Crippen molar-refractivity contribution in [1.82, 2.24) is 15.1 Å². The molecule has 1 aliphatic rings. The molecule has 0 aliphatic carbocycles. The zero-order valence-electron chi connectivity index (χ0n) is 17.2. The maximum absolute atomic E-state index is 12.9. The topological polar surface area (TPSA) is 61.5 Å². The predicted octanol–water partition coefficient (Wildman–Crippen LogP) is 5.00. The summed E-state index contributed by atoms with van der Waals surface area (Å²) < 4.78 is 6.86. The first kappa shape index (κ1) is 21.7. The van der Waals surface area contributed by atoms with Crippen molar-refractivity contribution in [3.8, 4) is 17.0 Å². The van der Waals surface area contributed by atoms with E-state index in [9.17, 15) is 4.79 Å². The van der Waals surface area contributed by atoms with Crippen molar-refractivity contribution in [2.45, 2.75) is 19.4 Å². The van der Waals surface area contributed by atoms with E-state index in [1.165, 1.54) is 0 Å². The van der Waals surface area contributed by atoms with Gasteiger partial charge in [-0.15, -0.1) is 0 Å². The van der Waals surface area contributed by atoms with Crippen molar-refractivity contribution in [2.75, 3.05) is 31.1 Å². The molecule has 0 saturated carbocycles. The summed E-state index contributed by atoms with van der Waals surface area (Å²) in [6.45, 7) is 4.70. The van der Waals surface area contributed by atoms with Crippen molar-refractivity contribution in [3.63, 3.8) is 0 Å². The standard InChI is InChI=1S/C23H24BrClN4O2/c1-16(31-20-9-7-19(25)8-10-20)23(30)29-12-2-11-28(13-14-29)22-15-21(26-27-22)17-3-5-18(24)6-4-17/h3-10,15-16H,2,11-14H2,1H3,(H,26,27). The summed E-state index contributed by atoms with van der Waals surface area (Å²) in [6.07, 6.45) is 0.321. The van der Waals surface area contributed by atoms with Gasteiger partial charge in [-0.2, -0.15) is 5.10 Å². The number of hydrogen-bond donors (Lipinski definition) is 1. The van der Waals surface area contributed by atoms with Crippen LogP contribution < -0.4 is 9.64 Å². The SMILES string of the molecule is CC(Oc1ccc(Cl)cc1)C(=O)N1CCCN(c2cc(-c3ccc(Br)cc3)[nH]n2)CC1. The van der Waals surface area contributed by atoms with Crippen molar-refractivity contribution in [1.29, 1.82) is 0 Å². The number of amides is 1. The van der Waals surface area contributed by atoms with E-state index in [2.05, 4.69) is 37.1 Å². The number of carbonyl (C=O) groups is 1. The van der Waals surface area contributed by atoms with E-state index >= 15 is 0 Å². The number of rotatable bonds is 5. The lowest BCUT2D eigenvalue weighted by Crippen LogP contribution is -2.42. The molecule has 1 aromatic heterocycles. The van der Waals surface area contributed by atoms with Crippen LogP contribution in [0.3, 0.4) is 0 Å². The maximum atomic E-state index is 12.9. The molecule has 2 heterocycles. The third kappa shape index (κ3) is 5.40. The van der Waals surface area contributed by atoms with Gasteiger partial charge in [0.05, 0.1) is 5.69 Å². The van der Waals surface area contributed by atoms with Crippen LogP contribution in [0.5, 0.6) is 5.75 Å². The summed E-state index contributed by atoms with van der Waals surface area (Å²) in [5.41, 5.74) is 2.06. The fraction of sp³-hybridized carbons (Fsp3) is 0.304. The van der Waals surface area contributed by atoms with E-state index in [-0.39, 0.29) is 5.91 Å². The lowest BCUT2D eigenvalue weighted by atomic mass is 10.1. The van der Waals surface area contributed by atoms with Gasteiger partial charge in [0.15, 0.2) is 11.9 Å². The molecule has 0 bridgehead atoms. The van der Waals surface area contributed by atoms with Crippen molar-refractivity contribution >= 4 is 39.3 Å². The fourth-order valence-electron chi connectivity index (χ4n) is 3.64. The summed E-state index contributed by atoms with van der Waals surface area (Å²) in [5, 5.41) is 8.26. The Morgan fingerprint density at radius 2 is 1.84 bits per heavy atom. The molecule has 0 spiro atoms. The van der Waals surface area contributed by atoms with Gasteiger partial charge in [0.25, 0.3) is 5.91 Å². The van der Waals surface area contributed by atoms with Crippen LogP contribution in [0.1, 0.15) is 13.3 Å². The normalized spacial score (nSPS) is 15.5. The molecule has 1 N–H and O–H groups in total. The van der Waals surface area contributed by atoms with Gasteiger partial charge in [-0.3, -0.25) is 9.89 Å². The van der Waals surface area contributed by atoms with E-state index in [0.29, 0.717) is 23.9 Å². The van der Waals surface area contributed by atoms with Crippen LogP contribution in [0.4, 0.5) is 5.82 Å². The van der Waals surface area contributed by atoms with E-state index in [1.807, 2.05) is 29.2 Å². The number of hydrogen-bond acceptors (Lipinski definition) is 4. The third-order valence-electron chi connectivity index (χ3n) is 5.33. The number of anilines is 1. The summed E-state index contributed by atoms with van der Waals surface area (Å²) in [4.78, 5) is 17.0. The second-order valence-electron chi connectivity index (χ2n) is 7.53. The molecular formula is C23H24BrClN4O2. The number of ether oxygens (including phenoxy) is 1. The van der Waals surface area contributed by atoms with Gasteiger partial charge >= 0.3 is 0 Å². The molecule has 1 saturated heterocycles. The smallest absolute Gasteiger partial charge is 0.263 e. The minimum atomic E-state index is -0.554. The molecule has 1 unspecified atom stereocenters. The Bertz CT molecular complexity index is 1020. The van der Waals surface area contributed by atoms with Crippen LogP contribution in [-0.4, -0.2) is 53.3 Å². The van der Waals surface area contributed by atoms with E-state index in [1.54, 1.807) is 31.2 Å². The van der Waals surface area contributed by atoms with Gasteiger partial charge in [-0.05, 0) is 55.3 Å². The Hall–Kier alpha value is -2.51. The quantitative estimate of drug-likeness (QED) is 0.532. The molecule has 1 amide bonds. The Labute approximate surface area is 195 Å². The Morgan fingerprint density at radius 1 is 1.10 bits per heavy atom. The van der Waals surface area contributed by atoms with Crippen molar-refractivity contribution in [3.05, 3.63) is 64.1 Å². The maximum Gasteiger partial charge on any atom is 0.263 e. The molecule has 31 heavy (non-hydrogen) atoms. The zero-order chi connectivity index (χ0) is 21.8. The van der Waals surface area contributed by atoms with Gasteiger partial charge in [0.2, 0.25) is 0 Å². The van der Waals surface area contributed by atoms with Gasteiger partial charge in [0.1, 0.15) is 5.75 Å². The van der Waals surface area contributed by atoms with Gasteiger partial charge in [-0.25, -0.2) is 0 Å². The summed E-state index contributed by atoms with van der Waals surface area (Å²) in [5.74, 6) is 1.53. The van der Waals surface area contributed by atoms with E-state index < -0.39 is 6.10 Å². The molecule has 1 atom stereocenters. The van der Waals surface area contributed by atoms with Crippen molar-refractivity contribution in [2.24, 2.45) is 0 Å². The van der Waals surface area contributed by atoms with E-state index in [0.717, 1.165) is 41.1 Å². The highest BCUT2D eigenvalue weighted by Crippen LogP contribution is 2.24. The molecule has 4 rings (SSSR count). The average Bonchev–Trinajstić information content (AvgIpc) is 3.13. The molecule has 3 aromatic rings. The second-order valence-corrected chi connectivity index (χ2v) is 8.88. The lowest BCUT2D eigenvalue weighted by molar-refractivity contribution is -0.137. The zero-order valence-corrected chi connectivity index (χ0v) is 19.6. The largest absolute Gasteiger partial charge is 0.481 e. The molecule has 6 nitrogen and oxygen atoms in total. The minimum absolute atomic E-state index is 0.00520. The molecule has 1 aliphatic heterocycles. The highest BCUT2D eigenvalue weighted by Gasteiger charge is 2.25. The van der Waals surface area contributed by atoms with E-state index in [4.69, 9.17) is 16.3 Å². The number of benzene rings is 2. The minimum Gasteiger partial charge on any atom is -0.481 e. The highest BCUT2D eigenvalue weighted by molar-refractivity contribution is 9.10. The van der Waals surface area contributed by atoms with Crippen LogP contribution in [0, 0.1) is 0 Å². The van der Waals surface area contributed by atoms with Crippen LogP contribution >= 0.6 is 27.5 Å². The lowest BCUT2D eigenvalue weighted by Gasteiger charge is -2.25. The van der Waals surface area contributed by atoms with Crippen LogP contribution in [0.15, 0.2) is 59.1 Å². The molecule has 0 radical (unpaired) electrons. The monoisotopic (exact) mass is 502 g/mol. The van der Waals surface area contributed by atoms with Gasteiger partial charge < -0.3 is 14.5 Å². The van der Waals surface area contributed by atoms with Crippen LogP contribution in [-0.2, 0) is 4.79 Å². The van der Waals surface area contributed by atoms with Gasteiger partial charge in [-0.1, -0.05) is 39.7 Å². The third-order valence-corrected chi connectivity index (χ3v) is 6.11. The number of aromatic amines is 1. The molecule has 2 aromatic carbocycles. The average molecular weight is 504 g/mol. The predicted molar refractivity (Wildman–Crippen MR) is 127 cm³/mol. The molecular weight excluding hydrogens is 480 g/mol. The Balaban J connectivity index is 1.36.